The number of hydrogen-bond donors (Lipinski definition) is 0. The van der Waals surface area contributed by atoms with E-state index < -0.39 is 0 Å². The van der Waals surface area contributed by atoms with Gasteiger partial charge in [0.1, 0.15) is 0 Å². The Morgan fingerprint density at radius 1 is 0.692 bits per heavy atom. The Morgan fingerprint density at radius 2 is 1.35 bits per heavy atom. The minimum atomic E-state index is 0.471. The van der Waals surface area contributed by atoms with Crippen molar-refractivity contribution in [2.45, 2.75) is 34.6 Å². The Hall–Kier alpha value is -2.60. The van der Waals surface area contributed by atoms with Crippen LogP contribution in [0.1, 0.15) is 43.0 Å². The van der Waals surface area contributed by atoms with E-state index in [0.29, 0.717) is 5.92 Å². The van der Waals surface area contributed by atoms with Crippen molar-refractivity contribution < 1.29 is 0 Å². The molecule has 0 heterocycles. The lowest BCUT2D eigenvalue weighted by molar-refractivity contribution is 0.954. The number of aryl methyl sites for hydroxylation is 2. The molecule has 0 heteroatoms. The van der Waals surface area contributed by atoms with E-state index in [2.05, 4.69) is 93.6 Å². The largest absolute Gasteiger partial charge is 0.0773 e. The molecule has 0 radical (unpaired) electrons. The highest BCUT2D eigenvalue weighted by Gasteiger charge is 2.16. The second-order valence-electron chi connectivity index (χ2n) is 6.82. The van der Waals surface area contributed by atoms with E-state index in [1.54, 1.807) is 0 Å². The molecule has 3 aromatic rings. The third-order valence-electron chi connectivity index (χ3n) is 5.02. The van der Waals surface area contributed by atoms with Gasteiger partial charge in [0.05, 0.1) is 0 Å². The molecule has 3 aromatic carbocycles. The summed E-state index contributed by atoms with van der Waals surface area (Å²) in [7, 11) is 0. The lowest BCUT2D eigenvalue weighted by Crippen LogP contribution is -1.95. The van der Waals surface area contributed by atoms with Gasteiger partial charge in [0.25, 0.3) is 0 Å². The van der Waals surface area contributed by atoms with Gasteiger partial charge < -0.3 is 0 Å². The second kappa shape index (κ2) is 7.74. The Labute approximate surface area is 157 Å². The number of benzene rings is 3. The first kappa shape index (κ1) is 18.2. The zero-order valence-electron chi connectivity index (χ0n) is 16.5. The van der Waals surface area contributed by atoms with Crippen LogP contribution in [-0.4, -0.2) is 0 Å². The highest BCUT2D eigenvalue weighted by Crippen LogP contribution is 2.39. The number of fused-ring (bicyclic) bond motifs is 2. The molecule has 0 fully saturated rings. The molecule has 1 aliphatic carbocycles. The standard InChI is InChI=1S/C24H22.C2H6/c1-16-8-12-20-14-11-18(3)24(22(20)15-9-16)23-17(2)10-13-19-6-4-5-7-21(19)23;1-2/h4-16H,1-3H3;1-2H3. The molecule has 0 bridgehead atoms. The molecule has 1 atom stereocenters. The zero-order valence-corrected chi connectivity index (χ0v) is 16.5. The number of allylic oxidation sites excluding steroid dienone is 2. The monoisotopic (exact) mass is 340 g/mol. The molecule has 0 saturated carbocycles. The average molecular weight is 341 g/mol. The Balaban J connectivity index is 0.000000948. The third kappa shape index (κ3) is 3.24. The van der Waals surface area contributed by atoms with Crippen molar-refractivity contribution in [1.29, 1.82) is 0 Å². The van der Waals surface area contributed by atoms with Crippen molar-refractivity contribution in [2.24, 2.45) is 5.92 Å². The molecule has 132 valence electrons. The highest BCUT2D eigenvalue weighted by molar-refractivity contribution is 6.01. The van der Waals surface area contributed by atoms with Crippen LogP contribution >= 0.6 is 0 Å². The molecule has 0 aliphatic heterocycles. The Kier molecular flexibility index (Phi) is 5.42. The summed E-state index contributed by atoms with van der Waals surface area (Å²) >= 11 is 0. The molecule has 0 spiro atoms. The third-order valence-corrected chi connectivity index (χ3v) is 5.02. The van der Waals surface area contributed by atoms with Gasteiger partial charge in [-0.25, -0.2) is 0 Å². The van der Waals surface area contributed by atoms with E-state index >= 15 is 0 Å². The summed E-state index contributed by atoms with van der Waals surface area (Å²) < 4.78 is 0. The fourth-order valence-electron chi connectivity index (χ4n) is 3.68. The first-order valence-corrected chi connectivity index (χ1v) is 9.64. The van der Waals surface area contributed by atoms with Crippen LogP contribution in [0.25, 0.3) is 34.1 Å². The molecule has 26 heavy (non-hydrogen) atoms. The molecular formula is C26H28. The van der Waals surface area contributed by atoms with Gasteiger partial charge in [-0.05, 0) is 63.9 Å². The second-order valence-corrected chi connectivity index (χ2v) is 6.82. The molecule has 0 N–H and O–H groups in total. The van der Waals surface area contributed by atoms with Crippen molar-refractivity contribution >= 4 is 22.9 Å². The Morgan fingerprint density at radius 3 is 2.15 bits per heavy atom. The molecule has 0 aromatic heterocycles. The van der Waals surface area contributed by atoms with Gasteiger partial charge in [0.15, 0.2) is 0 Å². The maximum absolute atomic E-state index is 2.31. The van der Waals surface area contributed by atoms with Crippen molar-refractivity contribution in [3.05, 3.63) is 82.9 Å². The van der Waals surface area contributed by atoms with Crippen LogP contribution in [0.5, 0.6) is 0 Å². The average Bonchev–Trinajstić information content (AvgIpc) is 2.86. The molecule has 1 aliphatic rings. The Bertz CT molecular complexity index is 986. The normalized spacial score (nSPS) is 15.2. The summed E-state index contributed by atoms with van der Waals surface area (Å²) in [6.45, 7) is 10.7. The lowest BCUT2D eigenvalue weighted by atomic mass is 9.86. The van der Waals surface area contributed by atoms with E-state index in [4.69, 9.17) is 0 Å². The van der Waals surface area contributed by atoms with Crippen molar-refractivity contribution in [3.8, 4) is 11.1 Å². The van der Waals surface area contributed by atoms with Gasteiger partial charge >= 0.3 is 0 Å². The molecule has 0 saturated heterocycles. The summed E-state index contributed by atoms with van der Waals surface area (Å²) in [5.41, 5.74) is 8.06. The fraction of sp³-hybridized carbons (Fsp3) is 0.231. The van der Waals surface area contributed by atoms with Gasteiger partial charge in [-0.1, -0.05) is 93.6 Å². The van der Waals surface area contributed by atoms with Crippen molar-refractivity contribution in [2.75, 3.05) is 0 Å². The van der Waals surface area contributed by atoms with Gasteiger partial charge in [-0.15, -0.1) is 0 Å². The molecule has 1 unspecified atom stereocenters. The van der Waals surface area contributed by atoms with E-state index in [0.717, 1.165) is 0 Å². The maximum Gasteiger partial charge on any atom is -0.00672 e. The summed E-state index contributed by atoms with van der Waals surface area (Å²) in [6.07, 6.45) is 9.15. The van der Waals surface area contributed by atoms with Crippen LogP contribution in [0, 0.1) is 19.8 Å². The van der Waals surface area contributed by atoms with Crippen molar-refractivity contribution in [3.63, 3.8) is 0 Å². The summed E-state index contributed by atoms with van der Waals surface area (Å²) in [5, 5.41) is 2.64. The summed E-state index contributed by atoms with van der Waals surface area (Å²) in [4.78, 5) is 0. The molecule has 0 nitrogen and oxygen atoms in total. The molecule has 4 rings (SSSR count). The van der Waals surface area contributed by atoms with E-state index in [-0.39, 0.29) is 0 Å². The van der Waals surface area contributed by atoms with Crippen LogP contribution in [0.15, 0.2) is 60.7 Å². The quantitative estimate of drug-likeness (QED) is 0.423. The van der Waals surface area contributed by atoms with Gasteiger partial charge in [-0.2, -0.15) is 0 Å². The fourth-order valence-corrected chi connectivity index (χ4v) is 3.68. The first-order valence-electron chi connectivity index (χ1n) is 9.64. The zero-order chi connectivity index (χ0) is 18.7. The minimum absolute atomic E-state index is 0.471. The first-order chi connectivity index (χ1) is 12.6. The van der Waals surface area contributed by atoms with Crippen molar-refractivity contribution in [1.82, 2.24) is 0 Å². The smallest absolute Gasteiger partial charge is 0.00672 e. The predicted molar refractivity (Wildman–Crippen MR) is 117 cm³/mol. The van der Waals surface area contributed by atoms with Gasteiger partial charge in [0, 0.05) is 0 Å². The highest BCUT2D eigenvalue weighted by atomic mass is 14.2. The predicted octanol–water partition coefficient (Wildman–Crippen LogP) is 7.83. The van der Waals surface area contributed by atoms with Crippen LogP contribution in [-0.2, 0) is 0 Å². The maximum atomic E-state index is 2.31. The van der Waals surface area contributed by atoms with Gasteiger partial charge in [0.2, 0.25) is 0 Å². The van der Waals surface area contributed by atoms with Crippen LogP contribution in [0.2, 0.25) is 0 Å². The lowest BCUT2D eigenvalue weighted by Gasteiger charge is -2.18. The van der Waals surface area contributed by atoms with Crippen LogP contribution < -0.4 is 0 Å². The summed E-state index contributed by atoms with van der Waals surface area (Å²) in [6, 6.07) is 17.7. The van der Waals surface area contributed by atoms with Crippen LogP contribution in [0.3, 0.4) is 0 Å². The van der Waals surface area contributed by atoms with E-state index in [9.17, 15) is 0 Å². The van der Waals surface area contributed by atoms with E-state index in [1.165, 1.54) is 44.2 Å². The van der Waals surface area contributed by atoms with E-state index in [1.807, 2.05) is 13.8 Å². The van der Waals surface area contributed by atoms with Gasteiger partial charge in [-0.3, -0.25) is 0 Å². The topological polar surface area (TPSA) is 0 Å². The number of rotatable bonds is 1. The van der Waals surface area contributed by atoms with Crippen LogP contribution in [0.4, 0.5) is 0 Å². The molecular weight excluding hydrogens is 312 g/mol. The summed E-state index contributed by atoms with van der Waals surface area (Å²) in [5.74, 6) is 0.471. The minimum Gasteiger partial charge on any atom is -0.0773 e. The molecule has 0 amide bonds. The SMILES string of the molecule is CC.Cc1ccc2c(c1-c1c(C)ccc3ccccc13)C=CC(C)C=C2. The number of hydrogen-bond acceptors (Lipinski definition) is 0.